The average molecular weight is 1440 g/mol. The van der Waals surface area contributed by atoms with Crippen LogP contribution in [0.25, 0.3) is 44.6 Å². The summed E-state index contributed by atoms with van der Waals surface area (Å²) >= 11 is 0. The number of aromatic amines is 2. The lowest BCUT2D eigenvalue weighted by molar-refractivity contribution is 0.786. The number of aliphatic imine (C=N–C) groups is 6. The first kappa shape index (κ1) is 68.9. The van der Waals surface area contributed by atoms with Crippen LogP contribution < -0.4 is 21.4 Å². The minimum Gasteiger partial charge on any atom is -0.354 e. The Hall–Kier alpha value is -13.6. The summed E-state index contributed by atoms with van der Waals surface area (Å²) < 4.78 is 0. The fourth-order valence-electron chi connectivity index (χ4n) is 16.9. The highest BCUT2D eigenvalue weighted by Crippen LogP contribution is 2.48. The van der Waals surface area contributed by atoms with Crippen LogP contribution in [-0.4, -0.2) is 44.2 Å². The fourth-order valence-corrected chi connectivity index (χ4v) is 16.9. The molecular weight excluding hydrogens is 1360 g/mol. The van der Waals surface area contributed by atoms with E-state index in [4.69, 9.17) is 30.0 Å². The predicted molar refractivity (Wildman–Crippen MR) is 465 cm³/mol. The van der Waals surface area contributed by atoms with E-state index in [1.165, 1.54) is 55.6 Å². The van der Waals surface area contributed by atoms with E-state index in [-0.39, 0.29) is 11.8 Å². The Balaban J connectivity index is 0.839. The number of rotatable bonds is 12. The second-order valence-electron chi connectivity index (χ2n) is 30.8. The van der Waals surface area contributed by atoms with Crippen molar-refractivity contribution in [2.75, 3.05) is 0 Å². The summed E-state index contributed by atoms with van der Waals surface area (Å²) in [7, 11) is 0. The summed E-state index contributed by atoms with van der Waals surface area (Å²) in [5.74, 6) is -0.652. The summed E-state index contributed by atoms with van der Waals surface area (Å²) in [5, 5.41) is 3.83. The maximum atomic E-state index is 5.84. The van der Waals surface area contributed by atoms with Gasteiger partial charge >= 0.3 is 0 Å². The number of aryl methyl sites for hydroxylation is 8. The largest absolute Gasteiger partial charge is 0.354 e. The van der Waals surface area contributed by atoms with Gasteiger partial charge in [0.05, 0.1) is 57.1 Å². The molecule has 0 saturated heterocycles. The van der Waals surface area contributed by atoms with Gasteiger partial charge in [-0.05, 0) is 208 Å². The van der Waals surface area contributed by atoms with E-state index in [0.717, 1.165) is 179 Å². The minimum atomic E-state index is -0.326. The Morgan fingerprint density at radius 3 is 0.688 bits per heavy atom. The van der Waals surface area contributed by atoms with Crippen molar-refractivity contribution in [3.63, 3.8) is 0 Å². The number of fused-ring (bicyclic) bond motifs is 12. The van der Waals surface area contributed by atoms with Crippen LogP contribution in [0.5, 0.6) is 0 Å². The van der Waals surface area contributed by atoms with E-state index >= 15 is 0 Å². The van der Waals surface area contributed by atoms with Gasteiger partial charge in [0.25, 0.3) is 0 Å². The highest BCUT2D eigenvalue weighted by atomic mass is 14.9. The molecule has 0 spiro atoms. The van der Waals surface area contributed by atoms with Crippen LogP contribution >= 0.6 is 0 Å². The summed E-state index contributed by atoms with van der Waals surface area (Å²) in [6.07, 6.45) is 23.2. The molecule has 19 rings (SSSR count). The number of nitrogens with zero attached hydrogens (tertiary/aromatic N) is 6. The average Bonchev–Trinajstić information content (AvgIpc) is 1.59. The van der Waals surface area contributed by atoms with Crippen molar-refractivity contribution in [1.82, 2.24) is 9.97 Å². The van der Waals surface area contributed by atoms with Gasteiger partial charge in [-0.15, -0.1) is 0 Å². The van der Waals surface area contributed by atoms with Crippen molar-refractivity contribution in [3.05, 3.63) is 459 Å². The first-order valence-corrected chi connectivity index (χ1v) is 38.9. The number of hydrogen-bond donors (Lipinski definition) is 2. The summed E-state index contributed by atoms with van der Waals surface area (Å²) in [4.78, 5) is 42.9. The Bertz CT molecular complexity index is 5840. The van der Waals surface area contributed by atoms with Gasteiger partial charge in [-0.2, -0.15) is 0 Å². The summed E-state index contributed by atoms with van der Waals surface area (Å²) in [6, 6.07) is 89.1. The molecule has 0 fully saturated rings. The molecule has 8 heteroatoms. The molecule has 16 bridgehead atoms. The van der Waals surface area contributed by atoms with Crippen molar-refractivity contribution in [3.8, 4) is 0 Å². The Labute approximate surface area is 653 Å². The van der Waals surface area contributed by atoms with Gasteiger partial charge in [-0.3, -0.25) is 9.98 Å². The first-order valence-electron chi connectivity index (χ1n) is 38.9. The number of hydrogen-bond acceptors (Lipinski definition) is 6. The highest BCUT2D eigenvalue weighted by Gasteiger charge is 2.39. The van der Waals surface area contributed by atoms with Crippen molar-refractivity contribution in [2.45, 2.75) is 68.2 Å². The van der Waals surface area contributed by atoms with E-state index in [9.17, 15) is 0 Å². The molecule has 112 heavy (non-hydrogen) atoms. The van der Waals surface area contributed by atoms with Crippen LogP contribution in [0.15, 0.2) is 368 Å². The second-order valence-corrected chi connectivity index (χ2v) is 30.8. The van der Waals surface area contributed by atoms with Crippen molar-refractivity contribution in [2.24, 2.45) is 41.8 Å². The molecule has 2 aromatic heterocycles. The first-order chi connectivity index (χ1) is 54.7. The molecule has 11 aromatic rings. The van der Waals surface area contributed by atoms with Crippen molar-refractivity contribution < 1.29 is 0 Å². The summed E-state index contributed by atoms with van der Waals surface area (Å²) in [5.41, 5.74) is 39.1. The molecule has 538 valence electrons. The Morgan fingerprint density at radius 1 is 0.232 bits per heavy atom. The van der Waals surface area contributed by atoms with Gasteiger partial charge in [0.1, 0.15) is 0 Å². The summed E-state index contributed by atoms with van der Waals surface area (Å²) in [6.45, 7) is 17.2. The highest BCUT2D eigenvalue weighted by molar-refractivity contribution is 6.36. The van der Waals surface area contributed by atoms with Gasteiger partial charge in [-0.25, -0.2) is 20.0 Å². The zero-order valence-corrected chi connectivity index (χ0v) is 64.1. The van der Waals surface area contributed by atoms with E-state index in [1.54, 1.807) is 0 Å². The lowest BCUT2D eigenvalue weighted by Crippen LogP contribution is -2.23. The maximum absolute atomic E-state index is 5.84. The number of aromatic nitrogens is 2. The second kappa shape index (κ2) is 28.5. The normalized spacial score (nSPS) is 17.6. The van der Waals surface area contributed by atoms with Crippen LogP contribution in [0.1, 0.15) is 100 Å². The van der Waals surface area contributed by atoms with Crippen LogP contribution in [0.2, 0.25) is 0 Å². The SMILES string of the molecule is Cc1ccc(C2=C3C=CC(=N3)C(c3ccc(C)cc3)=c3ccc([nH]3)=C(c3ccc(C)cc3)C3=NC(=C(c4ccc(C)cc4)C4=NC=C2C4Cc2ccccc2CC2C4=CN=C2C(c2ccc(C)cc2)=C2C=CC(=N2)C(c2ccc(C)cc2)=c2ccc([nH]2)=C(c2ccc(C)cc2)C2=NC(=C4c4ccc(C)cc4)C=C2)C=C3)cc1. The molecule has 2 N–H and O–H groups in total. The molecule has 2 atom stereocenters. The predicted octanol–water partition coefficient (Wildman–Crippen LogP) is 19.7. The zero-order chi connectivity index (χ0) is 75.8. The number of allylic oxidation sites excluding steroid dienone is 14. The molecule has 9 aromatic carbocycles. The van der Waals surface area contributed by atoms with Gasteiger partial charge < -0.3 is 9.97 Å². The van der Waals surface area contributed by atoms with Crippen LogP contribution in [0, 0.1) is 67.2 Å². The van der Waals surface area contributed by atoms with Crippen molar-refractivity contribution >= 4 is 78.9 Å². The molecule has 0 radical (unpaired) electrons. The third kappa shape index (κ3) is 12.9. The monoisotopic (exact) mass is 1440 g/mol. The smallest absolute Gasteiger partial charge is 0.0737 e. The van der Waals surface area contributed by atoms with E-state index in [2.05, 4.69) is 369 Å². The Morgan fingerprint density at radius 2 is 0.446 bits per heavy atom. The molecule has 2 unspecified atom stereocenters. The van der Waals surface area contributed by atoms with Gasteiger partial charge in [0, 0.05) is 90.2 Å². The lowest BCUT2D eigenvalue weighted by Gasteiger charge is -2.27. The minimum absolute atomic E-state index is 0.326. The lowest BCUT2D eigenvalue weighted by atomic mass is 9.76. The molecular formula is C104H82N8. The fraction of sp³-hybridized carbons (Fsp3) is 0.115. The number of nitrogens with one attached hydrogen (secondary N) is 2. The number of benzene rings is 9. The third-order valence-electron chi connectivity index (χ3n) is 22.9. The quantitative estimate of drug-likeness (QED) is 0.122. The van der Waals surface area contributed by atoms with E-state index in [0.29, 0.717) is 12.8 Å². The van der Waals surface area contributed by atoms with Crippen molar-refractivity contribution in [1.29, 1.82) is 0 Å². The molecule has 8 aliphatic rings. The molecule has 8 aliphatic heterocycles. The molecule has 8 nitrogen and oxygen atoms in total. The molecule has 0 amide bonds. The van der Waals surface area contributed by atoms with E-state index in [1.807, 2.05) is 0 Å². The van der Waals surface area contributed by atoms with Gasteiger partial charge in [-0.1, -0.05) is 263 Å². The maximum Gasteiger partial charge on any atom is 0.0737 e. The standard InChI is InChI=1S/C104H82N8/c1-61-13-29-69(30-14-61)95-81-59-105-103(101(75-41-25-67(7)26-42-75)93-55-53-91(111-93)99(73-37-21-65(5)22-38-73)89-51-49-87(109-89)97(85-47-45-83(95)107-85)71-33-17-63(3)18-34-71)79(81)57-77-11-9-10-12-78(77)58-80-82-60-106-104(80)102(76-43-27-68(8)28-44-76)94-56-54-92(112-94)100(74-39-23-66(6)24-40-74)90-52-50-88(110-90)98(72-35-19-64(4)20-36-72)86-48-46-84(108-86)96(82)70-31-15-62(2)16-32-70/h9-56,59-60,79-80,109-110H,57-58H2,1-8H3. The van der Waals surface area contributed by atoms with Gasteiger partial charge in [0.15, 0.2) is 0 Å². The molecule has 0 saturated carbocycles. The Kier molecular flexibility index (Phi) is 17.5. The van der Waals surface area contributed by atoms with Gasteiger partial charge in [0.2, 0.25) is 0 Å². The zero-order valence-electron chi connectivity index (χ0n) is 64.1. The molecule has 0 aliphatic carbocycles. The molecule has 10 heterocycles. The van der Waals surface area contributed by atoms with Crippen LogP contribution in [0.4, 0.5) is 0 Å². The van der Waals surface area contributed by atoms with E-state index < -0.39 is 0 Å². The van der Waals surface area contributed by atoms with Crippen LogP contribution in [-0.2, 0) is 12.8 Å². The topological polar surface area (TPSA) is 106 Å². The number of H-pyrrole nitrogens is 2. The third-order valence-corrected chi connectivity index (χ3v) is 22.9. The van der Waals surface area contributed by atoms with Crippen LogP contribution in [0.3, 0.4) is 0 Å².